The molecule has 2 rings (SSSR count). The summed E-state index contributed by atoms with van der Waals surface area (Å²) in [6, 6.07) is 14.1. The Labute approximate surface area is 121 Å². The number of ether oxygens (including phenoxy) is 1. The molecule has 0 radical (unpaired) electrons. The van der Waals surface area contributed by atoms with E-state index in [-0.39, 0.29) is 5.38 Å². The fourth-order valence-corrected chi connectivity index (χ4v) is 2.77. The van der Waals surface area contributed by atoms with Gasteiger partial charge in [0.2, 0.25) is 0 Å². The molecular weight excluding hydrogens is 312 g/mol. The van der Waals surface area contributed by atoms with Gasteiger partial charge in [-0.1, -0.05) is 34.1 Å². The van der Waals surface area contributed by atoms with Crippen LogP contribution in [0.5, 0.6) is 5.75 Å². The molecule has 18 heavy (non-hydrogen) atoms. The lowest BCUT2D eigenvalue weighted by Crippen LogP contribution is -1.94. The lowest BCUT2D eigenvalue weighted by atomic mass is 10.0. The third-order valence-corrected chi connectivity index (χ3v) is 3.73. The highest BCUT2D eigenvalue weighted by molar-refractivity contribution is 9.10. The van der Waals surface area contributed by atoms with Gasteiger partial charge in [0.1, 0.15) is 5.75 Å². The molecule has 1 unspecified atom stereocenters. The fourth-order valence-electron chi connectivity index (χ4n) is 1.88. The number of hydrogen-bond acceptors (Lipinski definition) is 1. The van der Waals surface area contributed by atoms with Crippen LogP contribution in [0.25, 0.3) is 0 Å². The molecule has 0 aliphatic rings. The Morgan fingerprint density at radius 2 is 1.72 bits per heavy atom. The number of rotatable bonds is 3. The maximum Gasteiger partial charge on any atom is 0.118 e. The second-order valence-electron chi connectivity index (χ2n) is 4.20. The summed E-state index contributed by atoms with van der Waals surface area (Å²) in [6.45, 7) is 2.06. The van der Waals surface area contributed by atoms with E-state index >= 15 is 0 Å². The Morgan fingerprint density at radius 3 is 2.28 bits per heavy atom. The normalized spacial score (nSPS) is 12.2. The fraction of sp³-hybridized carbons (Fsp3) is 0.200. The van der Waals surface area contributed by atoms with E-state index in [0.717, 1.165) is 21.3 Å². The van der Waals surface area contributed by atoms with Gasteiger partial charge in [-0.3, -0.25) is 0 Å². The van der Waals surface area contributed by atoms with Crippen LogP contribution in [0.15, 0.2) is 46.9 Å². The molecule has 0 saturated heterocycles. The second-order valence-corrected chi connectivity index (χ2v) is 5.55. The summed E-state index contributed by atoms with van der Waals surface area (Å²) >= 11 is 10.0. The molecule has 2 aromatic rings. The molecule has 0 aliphatic heterocycles. The average molecular weight is 326 g/mol. The van der Waals surface area contributed by atoms with E-state index in [0.29, 0.717) is 0 Å². The molecule has 0 spiro atoms. The zero-order valence-electron chi connectivity index (χ0n) is 10.3. The molecule has 1 nitrogen and oxygen atoms in total. The lowest BCUT2D eigenvalue weighted by molar-refractivity contribution is 0.414. The second kappa shape index (κ2) is 5.77. The van der Waals surface area contributed by atoms with Crippen LogP contribution in [-0.4, -0.2) is 7.11 Å². The van der Waals surface area contributed by atoms with Crippen molar-refractivity contribution in [3.63, 3.8) is 0 Å². The smallest absolute Gasteiger partial charge is 0.118 e. The number of halogens is 2. The zero-order chi connectivity index (χ0) is 13.1. The van der Waals surface area contributed by atoms with Crippen LogP contribution in [0.3, 0.4) is 0 Å². The molecule has 0 saturated carbocycles. The van der Waals surface area contributed by atoms with Gasteiger partial charge in [-0.05, 0) is 47.9 Å². The van der Waals surface area contributed by atoms with Gasteiger partial charge >= 0.3 is 0 Å². The summed E-state index contributed by atoms with van der Waals surface area (Å²) in [4.78, 5) is 0. The van der Waals surface area contributed by atoms with E-state index < -0.39 is 0 Å². The molecule has 1 atom stereocenters. The Hall–Kier alpha value is -0.990. The Balaban J connectivity index is 2.31. The van der Waals surface area contributed by atoms with Gasteiger partial charge in [-0.2, -0.15) is 0 Å². The molecule has 3 heteroatoms. The summed E-state index contributed by atoms with van der Waals surface area (Å²) in [5.74, 6) is 0.841. The Kier molecular flexibility index (Phi) is 4.31. The number of aryl methyl sites for hydroxylation is 1. The van der Waals surface area contributed by atoms with Crippen molar-refractivity contribution < 1.29 is 4.74 Å². The predicted molar refractivity (Wildman–Crippen MR) is 79.6 cm³/mol. The minimum atomic E-state index is -0.146. The van der Waals surface area contributed by atoms with E-state index in [9.17, 15) is 0 Å². The summed E-state index contributed by atoms with van der Waals surface area (Å²) < 4.78 is 6.19. The van der Waals surface area contributed by atoms with Gasteiger partial charge in [0.15, 0.2) is 0 Å². The van der Waals surface area contributed by atoms with Crippen molar-refractivity contribution in [1.82, 2.24) is 0 Å². The van der Waals surface area contributed by atoms with Crippen molar-refractivity contribution in [2.75, 3.05) is 7.11 Å². The van der Waals surface area contributed by atoms with Crippen molar-refractivity contribution >= 4 is 27.5 Å². The van der Waals surface area contributed by atoms with Crippen molar-refractivity contribution in [2.24, 2.45) is 0 Å². The van der Waals surface area contributed by atoms with Gasteiger partial charge < -0.3 is 4.74 Å². The number of alkyl halides is 1. The van der Waals surface area contributed by atoms with Crippen LogP contribution in [-0.2, 0) is 0 Å². The highest BCUT2D eigenvalue weighted by atomic mass is 79.9. The molecule has 0 N–H and O–H groups in total. The maximum atomic E-state index is 6.51. The first-order valence-corrected chi connectivity index (χ1v) is 6.88. The minimum absolute atomic E-state index is 0.146. The van der Waals surface area contributed by atoms with Gasteiger partial charge in [0.25, 0.3) is 0 Å². The summed E-state index contributed by atoms with van der Waals surface area (Å²) in [5.41, 5.74) is 3.35. The molecule has 2 aromatic carbocycles. The standard InChI is InChI=1S/C15H14BrClO/c1-10-7-12(9-13(16)8-10)15(17)11-3-5-14(18-2)6-4-11/h3-9,15H,1-2H3. The largest absolute Gasteiger partial charge is 0.497 e. The van der Waals surface area contributed by atoms with Gasteiger partial charge in [-0.25, -0.2) is 0 Å². The first kappa shape index (κ1) is 13.4. The zero-order valence-corrected chi connectivity index (χ0v) is 12.6. The topological polar surface area (TPSA) is 9.23 Å². The van der Waals surface area contributed by atoms with Gasteiger partial charge in [-0.15, -0.1) is 11.6 Å². The Morgan fingerprint density at radius 1 is 1.06 bits per heavy atom. The minimum Gasteiger partial charge on any atom is -0.497 e. The summed E-state index contributed by atoms with van der Waals surface area (Å²) in [6.07, 6.45) is 0. The van der Waals surface area contributed by atoms with E-state index in [1.807, 2.05) is 24.3 Å². The van der Waals surface area contributed by atoms with Gasteiger partial charge in [0.05, 0.1) is 12.5 Å². The van der Waals surface area contributed by atoms with Crippen molar-refractivity contribution in [2.45, 2.75) is 12.3 Å². The molecule has 0 amide bonds. The summed E-state index contributed by atoms with van der Waals surface area (Å²) in [5, 5.41) is -0.146. The monoisotopic (exact) mass is 324 g/mol. The van der Waals surface area contributed by atoms with Crippen molar-refractivity contribution in [1.29, 1.82) is 0 Å². The highest BCUT2D eigenvalue weighted by Gasteiger charge is 2.11. The van der Waals surface area contributed by atoms with Crippen molar-refractivity contribution in [3.8, 4) is 5.75 Å². The van der Waals surface area contributed by atoms with E-state index in [4.69, 9.17) is 16.3 Å². The van der Waals surface area contributed by atoms with E-state index in [1.165, 1.54) is 5.56 Å². The Bertz CT molecular complexity index is 516. The first-order chi connectivity index (χ1) is 8.60. The molecule has 0 aromatic heterocycles. The molecule has 0 fully saturated rings. The number of methoxy groups -OCH3 is 1. The molecule has 94 valence electrons. The SMILES string of the molecule is COc1ccc(C(Cl)c2cc(C)cc(Br)c2)cc1. The van der Waals surface area contributed by atoms with Crippen molar-refractivity contribution in [3.05, 3.63) is 63.6 Å². The molecule has 0 heterocycles. The lowest BCUT2D eigenvalue weighted by Gasteiger charge is -2.12. The average Bonchev–Trinajstić information content (AvgIpc) is 2.37. The first-order valence-electron chi connectivity index (χ1n) is 5.65. The predicted octanol–water partition coefficient (Wildman–Crippen LogP) is 5.09. The maximum absolute atomic E-state index is 6.51. The molecular formula is C15H14BrClO. The van der Waals surface area contributed by atoms with Crippen LogP contribution < -0.4 is 4.74 Å². The third-order valence-electron chi connectivity index (χ3n) is 2.77. The van der Waals surface area contributed by atoms with Gasteiger partial charge in [0, 0.05) is 4.47 Å². The van der Waals surface area contributed by atoms with Crippen LogP contribution in [0.2, 0.25) is 0 Å². The summed E-state index contributed by atoms with van der Waals surface area (Å²) in [7, 11) is 1.66. The van der Waals surface area contributed by atoms with Crippen LogP contribution >= 0.6 is 27.5 Å². The third kappa shape index (κ3) is 3.06. The number of hydrogen-bond donors (Lipinski definition) is 0. The molecule has 0 bridgehead atoms. The van der Waals surface area contributed by atoms with Crippen LogP contribution in [0, 0.1) is 6.92 Å². The highest BCUT2D eigenvalue weighted by Crippen LogP contribution is 2.32. The van der Waals surface area contributed by atoms with E-state index in [2.05, 4.69) is 41.1 Å². The number of benzene rings is 2. The van der Waals surface area contributed by atoms with E-state index in [1.54, 1.807) is 7.11 Å². The van der Waals surface area contributed by atoms with Crippen LogP contribution in [0.1, 0.15) is 22.1 Å². The van der Waals surface area contributed by atoms with Crippen LogP contribution in [0.4, 0.5) is 0 Å². The molecule has 0 aliphatic carbocycles. The quantitative estimate of drug-likeness (QED) is 0.714.